The second-order valence-electron chi connectivity index (χ2n) is 5.85. The van der Waals surface area contributed by atoms with Crippen LogP contribution >= 0.6 is 0 Å². The number of nitrogens with one attached hydrogen (secondary N) is 2. The standard InChI is InChI=1S/C17H21N3O/c1-11(12-7-8-12)10-19-17(21)16-9-15(18-2)13-5-3-4-6-14(13)20-16/h3-6,9,11-12H,7-8,10H2,1-2H3,(H,18,20)(H,19,21). The van der Waals surface area contributed by atoms with Crippen LogP contribution in [0.3, 0.4) is 0 Å². The lowest BCUT2D eigenvalue weighted by atomic mass is 10.1. The predicted octanol–water partition coefficient (Wildman–Crippen LogP) is 3.05. The number of rotatable bonds is 5. The van der Waals surface area contributed by atoms with Gasteiger partial charge in [0.25, 0.3) is 5.91 Å². The van der Waals surface area contributed by atoms with Crippen molar-refractivity contribution in [3.8, 4) is 0 Å². The molecule has 4 nitrogen and oxygen atoms in total. The molecule has 1 saturated carbocycles. The summed E-state index contributed by atoms with van der Waals surface area (Å²) in [4.78, 5) is 16.8. The van der Waals surface area contributed by atoms with Crippen LogP contribution in [-0.4, -0.2) is 24.5 Å². The average Bonchev–Trinajstić information content (AvgIpc) is 3.36. The molecule has 0 radical (unpaired) electrons. The first-order chi connectivity index (χ1) is 10.2. The number of hydrogen-bond acceptors (Lipinski definition) is 3. The Morgan fingerprint density at radius 2 is 2.14 bits per heavy atom. The third-order valence-corrected chi connectivity index (χ3v) is 4.23. The van der Waals surface area contributed by atoms with Gasteiger partial charge < -0.3 is 10.6 Å². The van der Waals surface area contributed by atoms with Gasteiger partial charge in [0.1, 0.15) is 5.69 Å². The lowest BCUT2D eigenvalue weighted by molar-refractivity contribution is 0.0942. The normalized spacial score (nSPS) is 15.7. The molecule has 1 aromatic carbocycles. The summed E-state index contributed by atoms with van der Waals surface area (Å²) in [6.45, 7) is 2.93. The molecule has 2 N–H and O–H groups in total. The molecule has 110 valence electrons. The zero-order valence-corrected chi connectivity index (χ0v) is 12.5. The summed E-state index contributed by atoms with van der Waals surface area (Å²) in [6.07, 6.45) is 2.60. The van der Waals surface area contributed by atoms with E-state index in [2.05, 4.69) is 22.5 Å². The maximum absolute atomic E-state index is 12.3. The second kappa shape index (κ2) is 5.72. The van der Waals surface area contributed by atoms with Crippen LogP contribution in [0.4, 0.5) is 5.69 Å². The topological polar surface area (TPSA) is 54.0 Å². The minimum Gasteiger partial charge on any atom is -0.388 e. The highest BCUT2D eigenvalue weighted by molar-refractivity contribution is 5.99. The first-order valence-corrected chi connectivity index (χ1v) is 7.55. The van der Waals surface area contributed by atoms with Gasteiger partial charge in [-0.2, -0.15) is 0 Å². The van der Waals surface area contributed by atoms with Gasteiger partial charge in [-0.15, -0.1) is 0 Å². The number of hydrogen-bond donors (Lipinski definition) is 2. The summed E-state index contributed by atoms with van der Waals surface area (Å²) < 4.78 is 0. The minimum atomic E-state index is -0.0928. The van der Waals surface area contributed by atoms with E-state index in [0.29, 0.717) is 11.6 Å². The molecule has 1 heterocycles. The fourth-order valence-corrected chi connectivity index (χ4v) is 2.67. The van der Waals surface area contributed by atoms with Gasteiger partial charge in [-0.05, 0) is 36.8 Å². The van der Waals surface area contributed by atoms with Crippen LogP contribution in [0.1, 0.15) is 30.3 Å². The number of para-hydroxylation sites is 1. The number of carbonyl (C=O) groups excluding carboxylic acids is 1. The number of anilines is 1. The third-order valence-electron chi connectivity index (χ3n) is 4.23. The number of benzene rings is 1. The van der Waals surface area contributed by atoms with E-state index in [9.17, 15) is 4.79 Å². The molecule has 1 amide bonds. The van der Waals surface area contributed by atoms with Crippen molar-refractivity contribution < 1.29 is 4.79 Å². The van der Waals surface area contributed by atoms with Gasteiger partial charge in [-0.1, -0.05) is 25.1 Å². The second-order valence-corrected chi connectivity index (χ2v) is 5.85. The Kier molecular flexibility index (Phi) is 3.78. The molecule has 1 aromatic heterocycles. The molecule has 21 heavy (non-hydrogen) atoms. The molecule has 1 fully saturated rings. The van der Waals surface area contributed by atoms with Crippen LogP contribution in [0.2, 0.25) is 0 Å². The Morgan fingerprint density at radius 3 is 2.86 bits per heavy atom. The van der Waals surface area contributed by atoms with Gasteiger partial charge in [-0.25, -0.2) is 4.98 Å². The Morgan fingerprint density at radius 1 is 1.38 bits per heavy atom. The van der Waals surface area contributed by atoms with Crippen LogP contribution in [0.15, 0.2) is 30.3 Å². The molecule has 0 saturated heterocycles. The van der Waals surface area contributed by atoms with Gasteiger partial charge >= 0.3 is 0 Å². The molecule has 1 atom stereocenters. The van der Waals surface area contributed by atoms with Crippen molar-refractivity contribution >= 4 is 22.5 Å². The van der Waals surface area contributed by atoms with E-state index in [1.165, 1.54) is 12.8 Å². The first-order valence-electron chi connectivity index (χ1n) is 7.55. The summed E-state index contributed by atoms with van der Waals surface area (Å²) in [5.74, 6) is 1.26. The van der Waals surface area contributed by atoms with Gasteiger partial charge in [0, 0.05) is 24.7 Å². The van der Waals surface area contributed by atoms with E-state index in [4.69, 9.17) is 0 Å². The van der Waals surface area contributed by atoms with Crippen molar-refractivity contribution in [2.75, 3.05) is 18.9 Å². The lowest BCUT2D eigenvalue weighted by Gasteiger charge is -2.12. The van der Waals surface area contributed by atoms with E-state index in [1.54, 1.807) is 0 Å². The van der Waals surface area contributed by atoms with Crippen molar-refractivity contribution in [1.29, 1.82) is 0 Å². The molecule has 3 rings (SSSR count). The van der Waals surface area contributed by atoms with Crippen LogP contribution in [0.25, 0.3) is 10.9 Å². The highest BCUT2D eigenvalue weighted by Crippen LogP contribution is 2.36. The molecule has 1 aliphatic carbocycles. The number of amides is 1. The van der Waals surface area contributed by atoms with Crippen LogP contribution < -0.4 is 10.6 Å². The number of carbonyl (C=O) groups is 1. The van der Waals surface area contributed by atoms with Crippen molar-refractivity contribution in [1.82, 2.24) is 10.3 Å². The number of nitrogens with zero attached hydrogens (tertiary/aromatic N) is 1. The maximum Gasteiger partial charge on any atom is 0.269 e. The SMILES string of the molecule is CNc1cc(C(=O)NCC(C)C2CC2)nc2ccccc12. The molecule has 0 aliphatic heterocycles. The molecule has 0 spiro atoms. The third kappa shape index (κ3) is 2.99. The Hall–Kier alpha value is -2.10. The van der Waals surface area contributed by atoms with Crippen LogP contribution in [0, 0.1) is 11.8 Å². The molecular formula is C17H21N3O. The van der Waals surface area contributed by atoms with E-state index < -0.39 is 0 Å². The molecular weight excluding hydrogens is 262 g/mol. The quantitative estimate of drug-likeness (QED) is 0.886. The smallest absolute Gasteiger partial charge is 0.269 e. The largest absolute Gasteiger partial charge is 0.388 e. The Labute approximate surface area is 125 Å². The average molecular weight is 283 g/mol. The van der Waals surface area contributed by atoms with E-state index in [0.717, 1.165) is 29.1 Å². The molecule has 2 aromatic rings. The van der Waals surface area contributed by atoms with Gasteiger partial charge in [0.05, 0.1) is 5.52 Å². The van der Waals surface area contributed by atoms with Gasteiger partial charge in [0.2, 0.25) is 0 Å². The highest BCUT2D eigenvalue weighted by atomic mass is 16.1. The summed E-state index contributed by atoms with van der Waals surface area (Å²) in [6, 6.07) is 9.66. The number of aromatic nitrogens is 1. The minimum absolute atomic E-state index is 0.0928. The van der Waals surface area contributed by atoms with Crippen molar-refractivity contribution in [3.63, 3.8) is 0 Å². The summed E-state index contributed by atoms with van der Waals surface area (Å²) >= 11 is 0. The van der Waals surface area contributed by atoms with Crippen molar-refractivity contribution in [2.24, 2.45) is 11.8 Å². The fraction of sp³-hybridized carbons (Fsp3) is 0.412. The van der Waals surface area contributed by atoms with Crippen molar-refractivity contribution in [2.45, 2.75) is 19.8 Å². The van der Waals surface area contributed by atoms with Crippen LogP contribution in [0.5, 0.6) is 0 Å². The predicted molar refractivity (Wildman–Crippen MR) is 85.5 cm³/mol. The lowest BCUT2D eigenvalue weighted by Crippen LogP contribution is -2.29. The zero-order chi connectivity index (χ0) is 14.8. The van der Waals surface area contributed by atoms with E-state index >= 15 is 0 Å². The highest BCUT2D eigenvalue weighted by Gasteiger charge is 2.28. The number of pyridine rings is 1. The summed E-state index contributed by atoms with van der Waals surface area (Å²) in [5, 5.41) is 7.18. The van der Waals surface area contributed by atoms with Crippen LogP contribution in [-0.2, 0) is 0 Å². The zero-order valence-electron chi connectivity index (χ0n) is 12.5. The molecule has 0 bridgehead atoms. The van der Waals surface area contributed by atoms with Gasteiger partial charge in [0.15, 0.2) is 0 Å². The van der Waals surface area contributed by atoms with E-state index in [-0.39, 0.29) is 5.91 Å². The van der Waals surface area contributed by atoms with Crippen molar-refractivity contribution in [3.05, 3.63) is 36.0 Å². The molecule has 1 unspecified atom stereocenters. The Balaban J connectivity index is 1.80. The Bertz CT molecular complexity index is 664. The summed E-state index contributed by atoms with van der Waals surface area (Å²) in [7, 11) is 1.86. The fourth-order valence-electron chi connectivity index (χ4n) is 2.67. The maximum atomic E-state index is 12.3. The molecule has 1 aliphatic rings. The molecule has 4 heteroatoms. The monoisotopic (exact) mass is 283 g/mol. The number of fused-ring (bicyclic) bond motifs is 1. The summed E-state index contributed by atoms with van der Waals surface area (Å²) in [5.41, 5.74) is 2.24. The van der Waals surface area contributed by atoms with Gasteiger partial charge in [-0.3, -0.25) is 4.79 Å². The van der Waals surface area contributed by atoms with E-state index in [1.807, 2.05) is 37.4 Å². The first kappa shape index (κ1) is 13.9.